The molecule has 0 fully saturated rings. The van der Waals surface area contributed by atoms with Gasteiger partial charge in [-0.1, -0.05) is 11.2 Å². The van der Waals surface area contributed by atoms with Gasteiger partial charge in [0.2, 0.25) is 5.89 Å². The number of rotatable bonds is 3. The number of amides is 1. The van der Waals surface area contributed by atoms with E-state index in [2.05, 4.69) is 15.5 Å². The Labute approximate surface area is 104 Å². The molecule has 1 aromatic carbocycles. The molecule has 6 nitrogen and oxygen atoms in total. The summed E-state index contributed by atoms with van der Waals surface area (Å²) in [5.41, 5.74) is 7.69. The smallest absolute Gasteiger partial charge is 0.253 e. The third kappa shape index (κ3) is 2.65. The van der Waals surface area contributed by atoms with E-state index in [0.717, 1.165) is 5.56 Å². The maximum atomic E-state index is 11.9. The molecule has 6 heteroatoms. The highest BCUT2D eigenvalue weighted by Gasteiger charge is 2.11. The van der Waals surface area contributed by atoms with Gasteiger partial charge in [-0.2, -0.15) is 4.98 Å². The van der Waals surface area contributed by atoms with Crippen LogP contribution in [0, 0.1) is 13.8 Å². The molecule has 94 valence electrons. The van der Waals surface area contributed by atoms with Crippen LogP contribution in [0.4, 0.5) is 5.69 Å². The molecular weight excluding hydrogens is 232 g/mol. The van der Waals surface area contributed by atoms with Crippen molar-refractivity contribution < 1.29 is 9.32 Å². The third-order valence-electron chi connectivity index (χ3n) is 2.42. The number of nitrogens with two attached hydrogens (primary N) is 1. The van der Waals surface area contributed by atoms with Crippen LogP contribution < -0.4 is 11.1 Å². The number of anilines is 1. The molecule has 1 amide bonds. The average Bonchev–Trinajstić information content (AvgIpc) is 2.72. The highest BCUT2D eigenvalue weighted by molar-refractivity contribution is 5.99. The van der Waals surface area contributed by atoms with Crippen molar-refractivity contribution in [2.24, 2.45) is 0 Å². The summed E-state index contributed by atoms with van der Waals surface area (Å²) >= 11 is 0. The predicted molar refractivity (Wildman–Crippen MR) is 65.8 cm³/mol. The van der Waals surface area contributed by atoms with Gasteiger partial charge in [0.1, 0.15) is 0 Å². The SMILES string of the molecule is Cc1ccc(C(=O)NCc2nc(C)no2)c(N)c1. The maximum Gasteiger partial charge on any atom is 0.253 e. The fraction of sp³-hybridized carbons (Fsp3) is 0.250. The van der Waals surface area contributed by atoms with Crippen LogP contribution in [-0.4, -0.2) is 16.0 Å². The van der Waals surface area contributed by atoms with Crippen molar-refractivity contribution in [3.8, 4) is 0 Å². The summed E-state index contributed by atoms with van der Waals surface area (Å²) in [6.45, 7) is 3.82. The molecule has 18 heavy (non-hydrogen) atoms. The van der Waals surface area contributed by atoms with Crippen molar-refractivity contribution in [1.82, 2.24) is 15.5 Å². The quantitative estimate of drug-likeness (QED) is 0.793. The topological polar surface area (TPSA) is 94.0 Å². The number of carbonyl (C=O) groups is 1. The Kier molecular flexibility index (Phi) is 3.27. The lowest BCUT2D eigenvalue weighted by Gasteiger charge is -2.06. The predicted octanol–water partition coefficient (Wildman–Crippen LogP) is 1.20. The Morgan fingerprint density at radius 3 is 2.83 bits per heavy atom. The molecule has 3 N–H and O–H groups in total. The number of hydrogen-bond donors (Lipinski definition) is 2. The van der Waals surface area contributed by atoms with Gasteiger partial charge in [0.25, 0.3) is 5.91 Å². The number of nitrogens with zero attached hydrogens (tertiary/aromatic N) is 2. The van der Waals surface area contributed by atoms with E-state index < -0.39 is 0 Å². The van der Waals surface area contributed by atoms with Gasteiger partial charge in [0.15, 0.2) is 5.82 Å². The van der Waals surface area contributed by atoms with Gasteiger partial charge in [-0.15, -0.1) is 0 Å². The molecule has 0 bridgehead atoms. The second-order valence-corrected chi connectivity index (χ2v) is 4.01. The number of aromatic nitrogens is 2. The number of benzene rings is 1. The Bertz CT molecular complexity index is 577. The molecule has 0 aliphatic rings. The number of nitrogens with one attached hydrogen (secondary N) is 1. The van der Waals surface area contributed by atoms with Gasteiger partial charge >= 0.3 is 0 Å². The molecule has 0 saturated carbocycles. The maximum absolute atomic E-state index is 11.9. The summed E-state index contributed by atoms with van der Waals surface area (Å²) < 4.78 is 4.89. The first-order valence-corrected chi connectivity index (χ1v) is 5.50. The van der Waals surface area contributed by atoms with Crippen LogP contribution in [0.3, 0.4) is 0 Å². The molecule has 0 unspecified atom stereocenters. The van der Waals surface area contributed by atoms with Gasteiger partial charge in [0.05, 0.1) is 12.1 Å². The van der Waals surface area contributed by atoms with E-state index in [1.54, 1.807) is 19.1 Å². The number of aryl methyl sites for hydroxylation is 2. The zero-order valence-electron chi connectivity index (χ0n) is 10.2. The summed E-state index contributed by atoms with van der Waals surface area (Å²) in [7, 11) is 0. The molecule has 0 atom stereocenters. The van der Waals surface area contributed by atoms with Gasteiger partial charge in [-0.25, -0.2) is 0 Å². The summed E-state index contributed by atoms with van der Waals surface area (Å²) in [5.74, 6) is 0.643. The van der Waals surface area contributed by atoms with E-state index in [9.17, 15) is 4.79 Å². The molecule has 0 radical (unpaired) electrons. The fourth-order valence-corrected chi connectivity index (χ4v) is 1.55. The van der Waals surface area contributed by atoms with E-state index >= 15 is 0 Å². The highest BCUT2D eigenvalue weighted by atomic mass is 16.5. The Balaban J connectivity index is 2.03. The van der Waals surface area contributed by atoms with E-state index in [1.165, 1.54) is 0 Å². The number of nitrogen functional groups attached to an aromatic ring is 1. The first kappa shape index (κ1) is 12.1. The van der Waals surface area contributed by atoms with Crippen molar-refractivity contribution in [3.63, 3.8) is 0 Å². The lowest BCUT2D eigenvalue weighted by molar-refractivity contribution is 0.0947. The average molecular weight is 246 g/mol. The normalized spacial score (nSPS) is 10.3. The minimum absolute atomic E-state index is 0.187. The van der Waals surface area contributed by atoms with Crippen LogP contribution in [-0.2, 0) is 6.54 Å². The van der Waals surface area contributed by atoms with Gasteiger partial charge in [-0.05, 0) is 31.5 Å². The summed E-state index contributed by atoms with van der Waals surface area (Å²) in [6, 6.07) is 5.28. The molecule has 1 heterocycles. The molecule has 2 rings (SSSR count). The van der Waals surface area contributed by atoms with Crippen molar-refractivity contribution in [1.29, 1.82) is 0 Å². The van der Waals surface area contributed by atoms with Crippen LogP contribution in [0.25, 0.3) is 0 Å². The minimum atomic E-state index is -0.261. The van der Waals surface area contributed by atoms with E-state index in [4.69, 9.17) is 10.3 Å². The van der Waals surface area contributed by atoms with E-state index in [1.807, 2.05) is 13.0 Å². The van der Waals surface area contributed by atoms with E-state index in [0.29, 0.717) is 23.0 Å². The lowest BCUT2D eigenvalue weighted by Crippen LogP contribution is -2.24. The van der Waals surface area contributed by atoms with Crippen LogP contribution in [0.2, 0.25) is 0 Å². The number of carbonyl (C=O) groups excluding carboxylic acids is 1. The molecule has 0 aliphatic heterocycles. The minimum Gasteiger partial charge on any atom is -0.398 e. The largest absolute Gasteiger partial charge is 0.398 e. The zero-order chi connectivity index (χ0) is 13.1. The molecule has 0 aliphatic carbocycles. The third-order valence-corrected chi connectivity index (χ3v) is 2.42. The van der Waals surface area contributed by atoms with Gasteiger partial charge in [-0.3, -0.25) is 4.79 Å². The first-order valence-electron chi connectivity index (χ1n) is 5.50. The molecule has 2 aromatic rings. The summed E-state index contributed by atoms with van der Waals surface area (Å²) in [6.07, 6.45) is 0. The lowest BCUT2D eigenvalue weighted by atomic mass is 10.1. The zero-order valence-corrected chi connectivity index (χ0v) is 10.2. The number of hydrogen-bond acceptors (Lipinski definition) is 5. The monoisotopic (exact) mass is 246 g/mol. The molecular formula is C12H14N4O2. The summed E-state index contributed by atoms with van der Waals surface area (Å²) in [5, 5.41) is 6.31. The van der Waals surface area contributed by atoms with Crippen LogP contribution in [0.1, 0.15) is 27.6 Å². The van der Waals surface area contributed by atoms with E-state index in [-0.39, 0.29) is 12.5 Å². The molecule has 0 spiro atoms. The van der Waals surface area contributed by atoms with Crippen molar-refractivity contribution >= 4 is 11.6 Å². The van der Waals surface area contributed by atoms with Gasteiger partial charge in [0, 0.05) is 5.69 Å². The second-order valence-electron chi connectivity index (χ2n) is 4.01. The Morgan fingerprint density at radius 1 is 1.44 bits per heavy atom. The van der Waals surface area contributed by atoms with Crippen LogP contribution >= 0.6 is 0 Å². The Hall–Kier alpha value is -2.37. The first-order chi connectivity index (χ1) is 8.56. The summed E-state index contributed by atoms with van der Waals surface area (Å²) in [4.78, 5) is 15.9. The molecule has 0 saturated heterocycles. The highest BCUT2D eigenvalue weighted by Crippen LogP contribution is 2.13. The Morgan fingerprint density at radius 2 is 2.22 bits per heavy atom. The van der Waals surface area contributed by atoms with Crippen molar-refractivity contribution in [3.05, 3.63) is 41.0 Å². The molecule has 1 aromatic heterocycles. The second kappa shape index (κ2) is 4.87. The van der Waals surface area contributed by atoms with Gasteiger partial charge < -0.3 is 15.6 Å². The van der Waals surface area contributed by atoms with Crippen molar-refractivity contribution in [2.45, 2.75) is 20.4 Å². The van der Waals surface area contributed by atoms with Crippen LogP contribution in [0.5, 0.6) is 0 Å². The van der Waals surface area contributed by atoms with Crippen LogP contribution in [0.15, 0.2) is 22.7 Å². The fourth-order valence-electron chi connectivity index (χ4n) is 1.55. The standard InChI is InChI=1S/C12H14N4O2/c1-7-3-4-9(10(13)5-7)12(17)14-6-11-15-8(2)16-18-11/h3-5H,6,13H2,1-2H3,(H,14,17). The van der Waals surface area contributed by atoms with Crippen molar-refractivity contribution in [2.75, 3.05) is 5.73 Å².